The van der Waals surface area contributed by atoms with E-state index in [1.807, 2.05) is 12.3 Å². The van der Waals surface area contributed by atoms with Crippen LogP contribution in [0.25, 0.3) is 0 Å². The minimum atomic E-state index is 0.209. The van der Waals surface area contributed by atoms with Gasteiger partial charge in [0.05, 0.1) is 32.6 Å². The highest BCUT2D eigenvalue weighted by atomic mass is 32.1. The number of thiazole rings is 1. The SMILES string of the molecule is C[C@@H]1CN(Cc2ccco2)C[C@]12COCCN(Cc1nccs1)C2. The van der Waals surface area contributed by atoms with Crippen molar-refractivity contribution in [3.63, 3.8) is 0 Å². The first-order chi connectivity index (χ1) is 11.7. The summed E-state index contributed by atoms with van der Waals surface area (Å²) in [5, 5.41) is 3.26. The van der Waals surface area contributed by atoms with Crippen LogP contribution in [0.4, 0.5) is 0 Å². The van der Waals surface area contributed by atoms with Crippen LogP contribution >= 0.6 is 11.3 Å². The van der Waals surface area contributed by atoms with Gasteiger partial charge in [0.25, 0.3) is 0 Å². The number of ether oxygens (including phenoxy) is 1. The number of hydrogen-bond donors (Lipinski definition) is 0. The first kappa shape index (κ1) is 16.3. The average Bonchev–Trinajstić information content (AvgIpc) is 3.26. The number of likely N-dealkylation sites (tertiary alicyclic amines) is 1. The van der Waals surface area contributed by atoms with E-state index in [0.717, 1.165) is 58.2 Å². The van der Waals surface area contributed by atoms with Crippen molar-refractivity contribution in [1.82, 2.24) is 14.8 Å². The summed E-state index contributed by atoms with van der Waals surface area (Å²) >= 11 is 1.74. The number of rotatable bonds is 4. The third-order valence-corrected chi connectivity index (χ3v) is 6.16. The van der Waals surface area contributed by atoms with Crippen LogP contribution in [0.15, 0.2) is 34.4 Å². The molecule has 4 heterocycles. The number of hydrogen-bond acceptors (Lipinski definition) is 6. The topological polar surface area (TPSA) is 41.7 Å². The van der Waals surface area contributed by atoms with Crippen LogP contribution in [0.2, 0.25) is 0 Å². The van der Waals surface area contributed by atoms with Crippen LogP contribution < -0.4 is 0 Å². The van der Waals surface area contributed by atoms with Gasteiger partial charge in [0.15, 0.2) is 0 Å². The van der Waals surface area contributed by atoms with E-state index in [1.54, 1.807) is 17.6 Å². The Labute approximate surface area is 147 Å². The molecule has 0 radical (unpaired) electrons. The van der Waals surface area contributed by atoms with Crippen molar-refractivity contribution in [1.29, 1.82) is 0 Å². The maximum absolute atomic E-state index is 6.03. The van der Waals surface area contributed by atoms with Crippen molar-refractivity contribution >= 4 is 11.3 Å². The second-order valence-corrected chi connectivity index (χ2v) is 8.18. The van der Waals surface area contributed by atoms with Gasteiger partial charge in [-0.15, -0.1) is 11.3 Å². The predicted octanol–water partition coefficient (Wildman–Crippen LogP) is 2.71. The summed E-state index contributed by atoms with van der Waals surface area (Å²) in [6, 6.07) is 4.03. The summed E-state index contributed by atoms with van der Waals surface area (Å²) < 4.78 is 11.6. The van der Waals surface area contributed by atoms with Crippen LogP contribution in [-0.2, 0) is 17.8 Å². The fraction of sp³-hybridized carbons (Fsp3) is 0.611. The minimum Gasteiger partial charge on any atom is -0.468 e. The standard InChI is InChI=1S/C18H25N3O2S/c1-15-9-21(10-16-3-2-6-23-16)13-18(15)12-20(5-7-22-14-18)11-17-19-4-8-24-17/h2-4,6,8,15H,5,7,9-14H2,1H3/t15-,18-/m1/s1. The molecule has 0 saturated carbocycles. The van der Waals surface area contributed by atoms with Gasteiger partial charge in [-0.1, -0.05) is 6.92 Å². The molecular formula is C18H25N3O2S. The second-order valence-electron chi connectivity index (χ2n) is 7.20. The van der Waals surface area contributed by atoms with Gasteiger partial charge in [-0.2, -0.15) is 0 Å². The summed E-state index contributed by atoms with van der Waals surface area (Å²) in [7, 11) is 0. The molecule has 2 saturated heterocycles. The van der Waals surface area contributed by atoms with Crippen LogP contribution in [0.5, 0.6) is 0 Å². The highest BCUT2D eigenvalue weighted by Crippen LogP contribution is 2.39. The lowest BCUT2D eigenvalue weighted by atomic mass is 9.79. The summed E-state index contributed by atoms with van der Waals surface area (Å²) in [4.78, 5) is 9.49. The molecule has 0 N–H and O–H groups in total. The molecule has 4 rings (SSSR count). The van der Waals surface area contributed by atoms with Gasteiger partial charge in [0.2, 0.25) is 0 Å². The lowest BCUT2D eigenvalue weighted by molar-refractivity contribution is 0.0497. The van der Waals surface area contributed by atoms with Gasteiger partial charge in [0.1, 0.15) is 10.8 Å². The molecular weight excluding hydrogens is 322 g/mol. The maximum Gasteiger partial charge on any atom is 0.117 e. The van der Waals surface area contributed by atoms with Crippen molar-refractivity contribution < 1.29 is 9.15 Å². The summed E-state index contributed by atoms with van der Waals surface area (Å²) in [5.41, 5.74) is 0.209. The van der Waals surface area contributed by atoms with Crippen molar-refractivity contribution in [3.8, 4) is 0 Å². The van der Waals surface area contributed by atoms with E-state index in [0.29, 0.717) is 5.92 Å². The van der Waals surface area contributed by atoms with Crippen LogP contribution in [0.1, 0.15) is 17.7 Å². The van der Waals surface area contributed by atoms with E-state index in [9.17, 15) is 0 Å². The fourth-order valence-corrected chi connectivity index (χ4v) is 4.74. The number of furan rings is 1. The first-order valence-corrected chi connectivity index (χ1v) is 9.55. The van der Waals surface area contributed by atoms with Gasteiger partial charge in [-0.05, 0) is 18.1 Å². The average molecular weight is 347 g/mol. The Morgan fingerprint density at radius 3 is 3.04 bits per heavy atom. The van der Waals surface area contributed by atoms with E-state index >= 15 is 0 Å². The maximum atomic E-state index is 6.03. The van der Waals surface area contributed by atoms with Gasteiger partial charge in [0, 0.05) is 43.2 Å². The molecule has 5 nitrogen and oxygen atoms in total. The van der Waals surface area contributed by atoms with Crippen molar-refractivity contribution in [2.24, 2.45) is 11.3 Å². The van der Waals surface area contributed by atoms with E-state index in [2.05, 4.69) is 33.2 Å². The summed E-state index contributed by atoms with van der Waals surface area (Å²) in [6.07, 6.45) is 3.66. The molecule has 130 valence electrons. The lowest BCUT2D eigenvalue weighted by Gasteiger charge is -2.34. The Morgan fingerprint density at radius 2 is 2.25 bits per heavy atom. The zero-order valence-corrected chi connectivity index (χ0v) is 15.0. The molecule has 0 aliphatic carbocycles. The zero-order chi connectivity index (χ0) is 16.4. The van der Waals surface area contributed by atoms with E-state index in [-0.39, 0.29) is 5.41 Å². The molecule has 0 bridgehead atoms. The number of aromatic nitrogens is 1. The van der Waals surface area contributed by atoms with Gasteiger partial charge in [-0.25, -0.2) is 4.98 Å². The largest absolute Gasteiger partial charge is 0.468 e. The quantitative estimate of drug-likeness (QED) is 0.851. The normalized spacial score (nSPS) is 29.3. The molecule has 1 spiro atoms. The lowest BCUT2D eigenvalue weighted by Crippen LogP contribution is -2.43. The van der Waals surface area contributed by atoms with Crippen molar-refractivity contribution in [3.05, 3.63) is 40.7 Å². The monoisotopic (exact) mass is 347 g/mol. The Balaban J connectivity index is 1.45. The second kappa shape index (κ2) is 6.96. The number of nitrogens with zero attached hydrogens (tertiary/aromatic N) is 3. The van der Waals surface area contributed by atoms with Crippen LogP contribution in [0.3, 0.4) is 0 Å². The summed E-state index contributed by atoms with van der Waals surface area (Å²) in [5.74, 6) is 1.66. The Bertz CT molecular complexity index is 631. The zero-order valence-electron chi connectivity index (χ0n) is 14.2. The third-order valence-electron chi connectivity index (χ3n) is 5.40. The smallest absolute Gasteiger partial charge is 0.117 e. The Kier molecular flexibility index (Phi) is 4.72. The molecule has 2 aliphatic heterocycles. The van der Waals surface area contributed by atoms with Gasteiger partial charge < -0.3 is 9.15 Å². The molecule has 0 aromatic carbocycles. The van der Waals surface area contributed by atoms with Gasteiger partial charge in [-0.3, -0.25) is 9.80 Å². The molecule has 24 heavy (non-hydrogen) atoms. The van der Waals surface area contributed by atoms with Crippen molar-refractivity contribution in [2.45, 2.75) is 20.0 Å². The van der Waals surface area contributed by atoms with E-state index in [1.165, 1.54) is 5.01 Å². The molecule has 6 heteroatoms. The van der Waals surface area contributed by atoms with Gasteiger partial charge >= 0.3 is 0 Å². The fourth-order valence-electron chi connectivity index (χ4n) is 4.08. The molecule has 2 aromatic rings. The Hall–Kier alpha value is -1.21. The van der Waals surface area contributed by atoms with E-state index in [4.69, 9.17) is 9.15 Å². The Morgan fingerprint density at radius 1 is 1.33 bits per heavy atom. The highest BCUT2D eigenvalue weighted by molar-refractivity contribution is 7.09. The van der Waals surface area contributed by atoms with Crippen molar-refractivity contribution in [2.75, 3.05) is 39.4 Å². The third kappa shape index (κ3) is 3.42. The van der Waals surface area contributed by atoms with Crippen LogP contribution in [-0.4, -0.2) is 54.2 Å². The first-order valence-electron chi connectivity index (χ1n) is 8.67. The highest BCUT2D eigenvalue weighted by Gasteiger charge is 2.46. The summed E-state index contributed by atoms with van der Waals surface area (Å²) in [6.45, 7) is 10.1. The van der Waals surface area contributed by atoms with Crippen LogP contribution in [0, 0.1) is 11.3 Å². The predicted molar refractivity (Wildman–Crippen MR) is 93.8 cm³/mol. The van der Waals surface area contributed by atoms with E-state index < -0.39 is 0 Å². The molecule has 0 unspecified atom stereocenters. The molecule has 0 amide bonds. The molecule has 2 fully saturated rings. The minimum absolute atomic E-state index is 0.209. The molecule has 2 aromatic heterocycles. The molecule has 2 aliphatic rings. The molecule has 2 atom stereocenters.